The van der Waals surface area contributed by atoms with Gasteiger partial charge in [-0.3, -0.25) is 4.79 Å². The smallest absolute Gasteiger partial charge is 0.410 e. The van der Waals surface area contributed by atoms with Crippen LogP contribution in [0.15, 0.2) is 24.3 Å². The van der Waals surface area contributed by atoms with E-state index in [0.29, 0.717) is 31.5 Å². The quantitative estimate of drug-likeness (QED) is 0.859. The van der Waals surface area contributed by atoms with E-state index >= 15 is 0 Å². The Morgan fingerprint density at radius 1 is 1.12 bits per heavy atom. The maximum Gasteiger partial charge on any atom is 0.410 e. The number of ketones is 1. The van der Waals surface area contributed by atoms with Crippen molar-refractivity contribution in [3.05, 3.63) is 35.4 Å². The van der Waals surface area contributed by atoms with Gasteiger partial charge in [0.15, 0.2) is 5.78 Å². The third-order valence-electron chi connectivity index (χ3n) is 3.91. The minimum atomic E-state index is -1.05. The number of aromatic carboxylic acids is 1. The monoisotopic (exact) mass is 333 g/mol. The molecule has 1 N–H and O–H groups in total. The van der Waals surface area contributed by atoms with Gasteiger partial charge in [0.2, 0.25) is 0 Å². The van der Waals surface area contributed by atoms with Gasteiger partial charge in [-0.25, -0.2) is 9.59 Å². The van der Waals surface area contributed by atoms with Crippen LogP contribution in [-0.4, -0.2) is 46.5 Å². The van der Waals surface area contributed by atoms with Gasteiger partial charge < -0.3 is 14.7 Å². The Labute approximate surface area is 141 Å². The fraction of sp³-hybridized carbons (Fsp3) is 0.500. The molecule has 1 aromatic carbocycles. The molecule has 130 valence electrons. The van der Waals surface area contributed by atoms with Crippen molar-refractivity contribution in [3.63, 3.8) is 0 Å². The first-order valence-electron chi connectivity index (χ1n) is 8.03. The predicted octanol–water partition coefficient (Wildman–Crippen LogP) is 3.21. The van der Waals surface area contributed by atoms with Crippen LogP contribution in [0.1, 0.15) is 54.3 Å². The average molecular weight is 333 g/mol. The van der Waals surface area contributed by atoms with E-state index in [1.807, 2.05) is 20.8 Å². The molecule has 1 aliphatic rings. The first-order chi connectivity index (χ1) is 11.2. The zero-order valence-electron chi connectivity index (χ0n) is 14.2. The van der Waals surface area contributed by atoms with Crippen LogP contribution in [0.2, 0.25) is 0 Å². The minimum Gasteiger partial charge on any atom is -0.478 e. The van der Waals surface area contributed by atoms with E-state index in [1.54, 1.807) is 17.0 Å². The summed E-state index contributed by atoms with van der Waals surface area (Å²) in [5.41, 5.74) is -0.0289. The molecule has 1 heterocycles. The summed E-state index contributed by atoms with van der Waals surface area (Å²) >= 11 is 0. The van der Waals surface area contributed by atoms with Gasteiger partial charge in [0.1, 0.15) is 5.60 Å². The van der Waals surface area contributed by atoms with Crippen LogP contribution in [0.25, 0.3) is 0 Å². The molecule has 1 aromatic rings. The van der Waals surface area contributed by atoms with E-state index < -0.39 is 11.6 Å². The lowest BCUT2D eigenvalue weighted by atomic mass is 9.88. The maximum atomic E-state index is 12.6. The molecule has 6 nitrogen and oxygen atoms in total. The standard InChI is InChI=1S/C18H23NO5/c1-18(2,3)24-17(23)19-9-7-12(8-10-19)15(20)13-5-4-6-14(11-13)16(21)22/h4-6,11-12H,7-10H2,1-3H3,(H,21,22). The highest BCUT2D eigenvalue weighted by atomic mass is 16.6. The SMILES string of the molecule is CC(C)(C)OC(=O)N1CCC(C(=O)c2cccc(C(=O)O)c2)CC1. The van der Waals surface area contributed by atoms with Gasteiger partial charge >= 0.3 is 12.1 Å². The number of nitrogens with zero attached hydrogens (tertiary/aromatic N) is 1. The summed E-state index contributed by atoms with van der Waals surface area (Å²) < 4.78 is 5.34. The summed E-state index contributed by atoms with van der Waals surface area (Å²) in [6.07, 6.45) is 0.742. The number of carbonyl (C=O) groups excluding carboxylic acids is 2. The zero-order chi connectivity index (χ0) is 17.9. The Morgan fingerprint density at radius 2 is 1.71 bits per heavy atom. The predicted molar refractivity (Wildman–Crippen MR) is 88.3 cm³/mol. The van der Waals surface area contributed by atoms with Crippen LogP contribution >= 0.6 is 0 Å². The summed E-state index contributed by atoms with van der Waals surface area (Å²) in [6, 6.07) is 6.08. The average Bonchev–Trinajstić information content (AvgIpc) is 2.53. The number of benzene rings is 1. The highest BCUT2D eigenvalue weighted by Gasteiger charge is 2.30. The molecule has 0 bridgehead atoms. The third-order valence-corrected chi connectivity index (χ3v) is 3.91. The number of hydrogen-bond acceptors (Lipinski definition) is 4. The minimum absolute atomic E-state index is 0.0676. The number of carbonyl (C=O) groups is 3. The molecule has 0 aromatic heterocycles. The van der Waals surface area contributed by atoms with Gasteiger partial charge in [-0.2, -0.15) is 0 Å². The molecule has 0 saturated carbocycles. The van der Waals surface area contributed by atoms with Crippen molar-refractivity contribution in [1.82, 2.24) is 4.90 Å². The summed E-state index contributed by atoms with van der Waals surface area (Å²) in [5.74, 6) is -1.32. The lowest BCUT2D eigenvalue weighted by Gasteiger charge is -2.33. The molecule has 0 atom stereocenters. The number of carboxylic acids is 1. The molecule has 0 spiro atoms. The topological polar surface area (TPSA) is 83.9 Å². The van der Waals surface area contributed by atoms with Gasteiger partial charge in [0.25, 0.3) is 0 Å². The molecular weight excluding hydrogens is 310 g/mol. The number of Topliss-reactive ketones (excluding diaryl/α,β-unsaturated/α-hetero) is 1. The highest BCUT2D eigenvalue weighted by molar-refractivity contribution is 6.00. The number of hydrogen-bond donors (Lipinski definition) is 1. The van der Waals surface area contributed by atoms with E-state index in [2.05, 4.69) is 0 Å². The number of piperidine rings is 1. The fourth-order valence-corrected chi connectivity index (χ4v) is 2.69. The van der Waals surface area contributed by atoms with Gasteiger partial charge in [-0.05, 0) is 45.7 Å². The summed E-state index contributed by atoms with van der Waals surface area (Å²) in [4.78, 5) is 37.2. The normalized spacial score (nSPS) is 15.9. The molecule has 0 aliphatic carbocycles. The highest BCUT2D eigenvalue weighted by Crippen LogP contribution is 2.23. The number of likely N-dealkylation sites (tertiary alicyclic amines) is 1. The summed E-state index contributed by atoms with van der Waals surface area (Å²) in [7, 11) is 0. The molecule has 1 amide bonds. The van der Waals surface area contributed by atoms with E-state index in [1.165, 1.54) is 12.1 Å². The Kier molecular flexibility index (Phi) is 5.26. The van der Waals surface area contributed by atoms with Crippen molar-refractivity contribution in [2.24, 2.45) is 5.92 Å². The van der Waals surface area contributed by atoms with E-state index in [-0.39, 0.29) is 23.4 Å². The van der Waals surface area contributed by atoms with Crippen molar-refractivity contribution in [2.45, 2.75) is 39.2 Å². The molecule has 24 heavy (non-hydrogen) atoms. The molecule has 2 rings (SSSR count). The number of rotatable bonds is 3. The van der Waals surface area contributed by atoms with E-state index in [4.69, 9.17) is 9.84 Å². The molecule has 0 radical (unpaired) electrons. The zero-order valence-corrected chi connectivity index (χ0v) is 14.2. The van der Waals surface area contributed by atoms with Crippen LogP contribution in [0, 0.1) is 5.92 Å². The first-order valence-corrected chi connectivity index (χ1v) is 8.03. The van der Waals surface area contributed by atoms with Crippen LogP contribution in [0.3, 0.4) is 0 Å². The van der Waals surface area contributed by atoms with Crippen molar-refractivity contribution >= 4 is 17.8 Å². The number of amides is 1. The van der Waals surface area contributed by atoms with Crippen LogP contribution in [0.4, 0.5) is 4.79 Å². The Hall–Kier alpha value is -2.37. The lowest BCUT2D eigenvalue weighted by Crippen LogP contribution is -2.43. The second kappa shape index (κ2) is 7.03. The fourth-order valence-electron chi connectivity index (χ4n) is 2.69. The van der Waals surface area contributed by atoms with Gasteiger partial charge in [-0.1, -0.05) is 12.1 Å². The first kappa shape index (κ1) is 18.0. The van der Waals surface area contributed by atoms with Crippen LogP contribution in [0.5, 0.6) is 0 Å². The molecule has 1 saturated heterocycles. The second-order valence-electron chi connectivity index (χ2n) is 6.99. The molecule has 6 heteroatoms. The second-order valence-corrected chi connectivity index (χ2v) is 6.99. The van der Waals surface area contributed by atoms with Crippen molar-refractivity contribution in [1.29, 1.82) is 0 Å². The summed E-state index contributed by atoms with van der Waals surface area (Å²) in [6.45, 7) is 6.37. The van der Waals surface area contributed by atoms with E-state index in [9.17, 15) is 14.4 Å². The van der Waals surface area contributed by atoms with Gasteiger partial charge in [0, 0.05) is 24.6 Å². The number of ether oxygens (including phenoxy) is 1. The molecule has 1 aliphatic heterocycles. The van der Waals surface area contributed by atoms with Crippen molar-refractivity contribution < 1.29 is 24.2 Å². The van der Waals surface area contributed by atoms with Gasteiger partial charge in [0.05, 0.1) is 5.56 Å². The largest absolute Gasteiger partial charge is 0.478 e. The molecule has 0 unspecified atom stereocenters. The molecular formula is C18H23NO5. The van der Waals surface area contributed by atoms with Crippen LogP contribution in [-0.2, 0) is 4.74 Å². The van der Waals surface area contributed by atoms with Gasteiger partial charge in [-0.15, -0.1) is 0 Å². The Balaban J connectivity index is 1.97. The Bertz CT molecular complexity index is 639. The van der Waals surface area contributed by atoms with E-state index in [0.717, 1.165) is 0 Å². The summed E-state index contributed by atoms with van der Waals surface area (Å²) in [5, 5.41) is 9.02. The maximum absolute atomic E-state index is 12.6. The molecule has 1 fully saturated rings. The lowest BCUT2D eigenvalue weighted by molar-refractivity contribution is 0.0182. The Morgan fingerprint density at radius 3 is 2.25 bits per heavy atom. The third kappa shape index (κ3) is 4.57. The number of carboxylic acid groups (broad SMARTS) is 1. The van der Waals surface area contributed by atoms with Crippen molar-refractivity contribution in [2.75, 3.05) is 13.1 Å². The van der Waals surface area contributed by atoms with Crippen LogP contribution < -0.4 is 0 Å². The van der Waals surface area contributed by atoms with Crippen molar-refractivity contribution in [3.8, 4) is 0 Å².